The minimum absolute atomic E-state index is 0.741. The van der Waals surface area contributed by atoms with Crippen LogP contribution in [0.5, 0.6) is 0 Å². The summed E-state index contributed by atoms with van der Waals surface area (Å²) in [6, 6.07) is 0. The van der Waals surface area contributed by atoms with Crippen molar-refractivity contribution in [1.82, 2.24) is 0 Å². The SMILES string of the molecule is C1=CCC(C2C=C2)=C1. The molecule has 0 N–H and O–H groups in total. The summed E-state index contributed by atoms with van der Waals surface area (Å²) < 4.78 is 0. The summed E-state index contributed by atoms with van der Waals surface area (Å²) in [5.74, 6) is 0.741. The quantitative estimate of drug-likeness (QED) is 0.447. The van der Waals surface area contributed by atoms with Gasteiger partial charge in [-0.1, -0.05) is 36.0 Å². The first-order valence-electron chi connectivity index (χ1n) is 3.01. The molecular formula is C8H8. The van der Waals surface area contributed by atoms with Gasteiger partial charge in [-0.2, -0.15) is 0 Å². The van der Waals surface area contributed by atoms with E-state index in [4.69, 9.17) is 0 Å². The van der Waals surface area contributed by atoms with Crippen LogP contribution in [0.25, 0.3) is 0 Å². The minimum atomic E-state index is 0.741. The molecule has 2 rings (SSSR count). The summed E-state index contributed by atoms with van der Waals surface area (Å²) in [6.07, 6.45) is 12.2. The Morgan fingerprint density at radius 1 is 1.38 bits per heavy atom. The molecule has 0 atom stereocenters. The zero-order chi connectivity index (χ0) is 5.40. The molecule has 0 heterocycles. The van der Waals surface area contributed by atoms with Gasteiger partial charge in [0.05, 0.1) is 0 Å². The maximum absolute atomic E-state index is 2.23. The van der Waals surface area contributed by atoms with Crippen LogP contribution in [0.15, 0.2) is 36.0 Å². The highest BCUT2D eigenvalue weighted by Gasteiger charge is 2.15. The monoisotopic (exact) mass is 104 g/mol. The van der Waals surface area contributed by atoms with Crippen LogP contribution in [0.3, 0.4) is 0 Å². The van der Waals surface area contributed by atoms with E-state index < -0.39 is 0 Å². The van der Waals surface area contributed by atoms with Gasteiger partial charge in [-0.3, -0.25) is 0 Å². The number of rotatable bonds is 1. The van der Waals surface area contributed by atoms with Crippen molar-refractivity contribution in [2.45, 2.75) is 6.42 Å². The lowest BCUT2D eigenvalue weighted by molar-refractivity contribution is 1.04. The van der Waals surface area contributed by atoms with Crippen LogP contribution >= 0.6 is 0 Å². The molecule has 0 nitrogen and oxygen atoms in total. The van der Waals surface area contributed by atoms with Gasteiger partial charge in [0.15, 0.2) is 0 Å². The summed E-state index contributed by atoms with van der Waals surface area (Å²) in [6.45, 7) is 0. The third-order valence-corrected chi connectivity index (χ3v) is 1.61. The van der Waals surface area contributed by atoms with Crippen LogP contribution < -0.4 is 0 Å². The van der Waals surface area contributed by atoms with Crippen LogP contribution in [0.4, 0.5) is 0 Å². The molecular weight excluding hydrogens is 96.1 g/mol. The summed E-state index contributed by atoms with van der Waals surface area (Å²) in [5.41, 5.74) is 1.56. The van der Waals surface area contributed by atoms with Gasteiger partial charge in [0.2, 0.25) is 0 Å². The lowest BCUT2D eigenvalue weighted by Gasteiger charge is -1.92. The molecule has 0 heteroatoms. The zero-order valence-corrected chi connectivity index (χ0v) is 4.67. The Morgan fingerprint density at radius 3 is 2.75 bits per heavy atom. The average molecular weight is 104 g/mol. The predicted molar refractivity (Wildman–Crippen MR) is 34.5 cm³/mol. The highest BCUT2D eigenvalue weighted by molar-refractivity contribution is 5.37. The first kappa shape index (κ1) is 4.13. The van der Waals surface area contributed by atoms with Crippen molar-refractivity contribution >= 4 is 0 Å². The van der Waals surface area contributed by atoms with Crippen molar-refractivity contribution in [1.29, 1.82) is 0 Å². The van der Waals surface area contributed by atoms with E-state index in [1.165, 1.54) is 6.42 Å². The Balaban J connectivity index is 2.08. The first-order valence-corrected chi connectivity index (χ1v) is 3.01. The van der Waals surface area contributed by atoms with Gasteiger partial charge in [0, 0.05) is 5.92 Å². The Labute approximate surface area is 49.2 Å². The van der Waals surface area contributed by atoms with Crippen molar-refractivity contribution in [3.05, 3.63) is 36.0 Å². The molecule has 2 aliphatic carbocycles. The van der Waals surface area contributed by atoms with E-state index in [2.05, 4.69) is 30.4 Å². The highest BCUT2D eigenvalue weighted by atomic mass is 14.2. The zero-order valence-electron chi connectivity index (χ0n) is 4.67. The van der Waals surface area contributed by atoms with Crippen LogP contribution in [0.1, 0.15) is 6.42 Å². The fraction of sp³-hybridized carbons (Fsp3) is 0.250. The Bertz CT molecular complexity index is 176. The van der Waals surface area contributed by atoms with Gasteiger partial charge in [-0.05, 0) is 6.42 Å². The van der Waals surface area contributed by atoms with Gasteiger partial charge >= 0.3 is 0 Å². The molecule has 0 aromatic heterocycles. The fourth-order valence-electron chi connectivity index (χ4n) is 1.01. The second kappa shape index (κ2) is 1.35. The van der Waals surface area contributed by atoms with E-state index in [0.29, 0.717) is 0 Å². The third-order valence-electron chi connectivity index (χ3n) is 1.61. The lowest BCUT2D eigenvalue weighted by atomic mass is 10.1. The maximum atomic E-state index is 2.23. The lowest BCUT2D eigenvalue weighted by Crippen LogP contribution is -1.79. The summed E-state index contributed by atoms with van der Waals surface area (Å²) in [4.78, 5) is 0. The van der Waals surface area contributed by atoms with Crippen molar-refractivity contribution in [2.24, 2.45) is 5.92 Å². The topological polar surface area (TPSA) is 0 Å². The molecule has 2 aliphatic rings. The molecule has 40 valence electrons. The second-order valence-corrected chi connectivity index (χ2v) is 2.28. The van der Waals surface area contributed by atoms with Gasteiger partial charge in [0.25, 0.3) is 0 Å². The Hall–Kier alpha value is -0.780. The van der Waals surface area contributed by atoms with E-state index in [1.54, 1.807) is 5.57 Å². The van der Waals surface area contributed by atoms with Crippen LogP contribution in [0, 0.1) is 5.92 Å². The van der Waals surface area contributed by atoms with Gasteiger partial charge in [0.1, 0.15) is 0 Å². The molecule has 0 fully saturated rings. The molecule has 0 spiro atoms. The second-order valence-electron chi connectivity index (χ2n) is 2.28. The van der Waals surface area contributed by atoms with E-state index in [9.17, 15) is 0 Å². The third kappa shape index (κ3) is 0.532. The molecule has 0 amide bonds. The number of allylic oxidation sites excluding steroid dienone is 6. The Kier molecular flexibility index (Phi) is 0.696. The molecule has 0 unspecified atom stereocenters. The average Bonchev–Trinajstić information content (AvgIpc) is 2.49. The van der Waals surface area contributed by atoms with E-state index in [-0.39, 0.29) is 0 Å². The smallest absolute Gasteiger partial charge is 0.0164 e. The van der Waals surface area contributed by atoms with Crippen LogP contribution in [-0.4, -0.2) is 0 Å². The van der Waals surface area contributed by atoms with Crippen molar-refractivity contribution in [3.63, 3.8) is 0 Å². The molecule has 0 saturated carbocycles. The Morgan fingerprint density at radius 2 is 2.25 bits per heavy atom. The fourth-order valence-corrected chi connectivity index (χ4v) is 1.01. The maximum Gasteiger partial charge on any atom is 0.0164 e. The molecule has 0 radical (unpaired) electrons. The van der Waals surface area contributed by atoms with Crippen molar-refractivity contribution < 1.29 is 0 Å². The normalized spacial score (nSPS) is 24.2. The molecule has 8 heavy (non-hydrogen) atoms. The van der Waals surface area contributed by atoms with Gasteiger partial charge < -0.3 is 0 Å². The number of hydrogen-bond donors (Lipinski definition) is 0. The standard InChI is InChI=1S/C8H8/c1-2-4-7(3-1)8-5-6-8/h1-3,5-6,8H,4H2. The van der Waals surface area contributed by atoms with Gasteiger partial charge in [-0.25, -0.2) is 0 Å². The highest BCUT2D eigenvalue weighted by Crippen LogP contribution is 2.30. The summed E-state index contributed by atoms with van der Waals surface area (Å²) in [5, 5.41) is 0. The number of hydrogen-bond acceptors (Lipinski definition) is 0. The molecule has 0 bridgehead atoms. The van der Waals surface area contributed by atoms with Gasteiger partial charge in [-0.15, -0.1) is 0 Å². The minimum Gasteiger partial charge on any atom is -0.0804 e. The molecule has 0 saturated heterocycles. The van der Waals surface area contributed by atoms with E-state index >= 15 is 0 Å². The van der Waals surface area contributed by atoms with Crippen molar-refractivity contribution in [2.75, 3.05) is 0 Å². The molecule has 0 aliphatic heterocycles. The predicted octanol–water partition coefficient (Wildman–Crippen LogP) is 2.06. The summed E-state index contributed by atoms with van der Waals surface area (Å²) in [7, 11) is 0. The first-order chi connectivity index (χ1) is 3.97. The molecule has 0 aromatic rings. The van der Waals surface area contributed by atoms with Crippen molar-refractivity contribution in [3.8, 4) is 0 Å². The van der Waals surface area contributed by atoms with E-state index in [0.717, 1.165) is 5.92 Å². The van der Waals surface area contributed by atoms with Crippen LogP contribution in [-0.2, 0) is 0 Å². The molecule has 0 aromatic carbocycles. The largest absolute Gasteiger partial charge is 0.0804 e. The van der Waals surface area contributed by atoms with E-state index in [1.807, 2.05) is 0 Å². The van der Waals surface area contributed by atoms with Crippen LogP contribution in [0.2, 0.25) is 0 Å². The summed E-state index contributed by atoms with van der Waals surface area (Å²) >= 11 is 0.